The number of methoxy groups -OCH3 is 1. The van der Waals surface area contributed by atoms with Crippen LogP contribution in [0.25, 0.3) is 17.0 Å². The van der Waals surface area contributed by atoms with Crippen LogP contribution in [0.5, 0.6) is 5.75 Å². The first-order chi connectivity index (χ1) is 9.20. The van der Waals surface area contributed by atoms with Gasteiger partial charge in [-0.15, -0.1) is 10.2 Å². The Morgan fingerprint density at radius 2 is 2.00 bits per heavy atom. The van der Waals surface area contributed by atoms with Gasteiger partial charge in [0.1, 0.15) is 10.9 Å². The molecule has 96 valence electrons. The van der Waals surface area contributed by atoms with Crippen LogP contribution in [0.2, 0.25) is 10.2 Å². The molecule has 5 nitrogen and oxygen atoms in total. The van der Waals surface area contributed by atoms with Gasteiger partial charge in [0, 0.05) is 5.02 Å². The van der Waals surface area contributed by atoms with E-state index >= 15 is 0 Å². The fourth-order valence-electron chi connectivity index (χ4n) is 1.84. The van der Waals surface area contributed by atoms with Gasteiger partial charge < -0.3 is 4.74 Å². The van der Waals surface area contributed by atoms with E-state index in [1.165, 1.54) is 6.20 Å². The lowest BCUT2D eigenvalue weighted by atomic mass is 10.2. The van der Waals surface area contributed by atoms with E-state index in [1.54, 1.807) is 29.8 Å². The molecule has 19 heavy (non-hydrogen) atoms. The molecule has 0 spiro atoms. The minimum Gasteiger partial charge on any atom is -0.496 e. The van der Waals surface area contributed by atoms with Crippen molar-refractivity contribution < 1.29 is 4.74 Å². The number of hydrogen-bond acceptors (Lipinski definition) is 4. The van der Waals surface area contributed by atoms with E-state index in [0.717, 1.165) is 5.56 Å². The van der Waals surface area contributed by atoms with Crippen LogP contribution in [-0.2, 0) is 0 Å². The Morgan fingerprint density at radius 3 is 2.79 bits per heavy atom. The topological polar surface area (TPSA) is 52.3 Å². The molecule has 1 aromatic carbocycles. The van der Waals surface area contributed by atoms with Crippen molar-refractivity contribution in [2.75, 3.05) is 7.11 Å². The van der Waals surface area contributed by atoms with Crippen molar-refractivity contribution in [1.82, 2.24) is 19.6 Å². The van der Waals surface area contributed by atoms with E-state index in [-0.39, 0.29) is 0 Å². The highest BCUT2D eigenvalue weighted by molar-refractivity contribution is 6.31. The predicted molar refractivity (Wildman–Crippen MR) is 72.8 cm³/mol. The average molecular weight is 295 g/mol. The summed E-state index contributed by atoms with van der Waals surface area (Å²) in [7, 11) is 1.57. The molecule has 0 radical (unpaired) electrons. The molecule has 3 rings (SSSR count). The second-order valence-electron chi connectivity index (χ2n) is 3.79. The molecule has 0 aliphatic rings. The monoisotopic (exact) mass is 294 g/mol. The van der Waals surface area contributed by atoms with Crippen LogP contribution in [0.1, 0.15) is 0 Å². The lowest BCUT2D eigenvalue weighted by molar-refractivity contribution is 0.416. The van der Waals surface area contributed by atoms with Crippen LogP contribution in [0.4, 0.5) is 0 Å². The van der Waals surface area contributed by atoms with Crippen molar-refractivity contribution in [2.45, 2.75) is 0 Å². The summed E-state index contributed by atoms with van der Waals surface area (Å²) in [6.45, 7) is 0. The SMILES string of the molecule is COc1cc(Cl)ccc1-c1nnc2cncc(Cl)n12. The van der Waals surface area contributed by atoms with Gasteiger partial charge >= 0.3 is 0 Å². The third-order valence-electron chi connectivity index (χ3n) is 2.68. The van der Waals surface area contributed by atoms with Crippen molar-refractivity contribution in [3.8, 4) is 17.1 Å². The standard InChI is InChI=1S/C12H8Cl2N4O/c1-19-9-4-7(13)2-3-8(9)12-17-16-11-6-15-5-10(14)18(11)12/h2-6H,1H3. The van der Waals surface area contributed by atoms with E-state index in [2.05, 4.69) is 15.2 Å². The molecule has 0 saturated carbocycles. The Morgan fingerprint density at radius 1 is 1.16 bits per heavy atom. The first-order valence-electron chi connectivity index (χ1n) is 5.39. The van der Waals surface area contributed by atoms with Crippen molar-refractivity contribution in [2.24, 2.45) is 0 Å². The van der Waals surface area contributed by atoms with Crippen molar-refractivity contribution in [3.05, 3.63) is 40.8 Å². The Hall–Kier alpha value is -1.85. The molecular weight excluding hydrogens is 287 g/mol. The minimum absolute atomic E-state index is 0.425. The van der Waals surface area contributed by atoms with Gasteiger partial charge in [0.25, 0.3) is 0 Å². The maximum Gasteiger partial charge on any atom is 0.180 e. The normalized spacial score (nSPS) is 10.9. The summed E-state index contributed by atoms with van der Waals surface area (Å²) in [5.41, 5.74) is 1.33. The van der Waals surface area contributed by atoms with Crippen LogP contribution in [-0.4, -0.2) is 26.7 Å². The Kier molecular flexibility index (Phi) is 3.00. The van der Waals surface area contributed by atoms with Gasteiger partial charge in [0.15, 0.2) is 11.5 Å². The predicted octanol–water partition coefficient (Wildman–Crippen LogP) is 3.11. The minimum atomic E-state index is 0.425. The van der Waals surface area contributed by atoms with Gasteiger partial charge in [-0.1, -0.05) is 23.2 Å². The quantitative estimate of drug-likeness (QED) is 0.729. The molecule has 0 bridgehead atoms. The van der Waals surface area contributed by atoms with E-state index in [4.69, 9.17) is 27.9 Å². The number of rotatable bonds is 2. The molecule has 0 aliphatic carbocycles. The molecule has 0 amide bonds. The van der Waals surface area contributed by atoms with Crippen molar-refractivity contribution >= 4 is 28.8 Å². The van der Waals surface area contributed by atoms with Crippen LogP contribution in [0.15, 0.2) is 30.6 Å². The zero-order valence-corrected chi connectivity index (χ0v) is 11.4. The molecule has 7 heteroatoms. The van der Waals surface area contributed by atoms with E-state index in [0.29, 0.717) is 27.4 Å². The summed E-state index contributed by atoms with van der Waals surface area (Å²) in [4.78, 5) is 3.97. The third-order valence-corrected chi connectivity index (χ3v) is 3.18. The first-order valence-corrected chi connectivity index (χ1v) is 6.15. The lowest BCUT2D eigenvalue weighted by Crippen LogP contribution is -1.95. The number of nitrogens with zero attached hydrogens (tertiary/aromatic N) is 4. The Balaban J connectivity index is 2.31. The summed E-state index contributed by atoms with van der Waals surface area (Å²) in [5.74, 6) is 1.19. The maximum atomic E-state index is 6.13. The third kappa shape index (κ3) is 2.01. The van der Waals surface area contributed by atoms with Crippen molar-refractivity contribution in [3.63, 3.8) is 0 Å². The Labute approximate surface area is 118 Å². The molecule has 0 atom stereocenters. The summed E-state index contributed by atoms with van der Waals surface area (Å²) in [5, 5.41) is 9.17. The maximum absolute atomic E-state index is 6.13. The molecule has 3 aromatic rings. The number of halogens is 2. The zero-order chi connectivity index (χ0) is 13.4. The second-order valence-corrected chi connectivity index (χ2v) is 4.62. The number of hydrogen-bond donors (Lipinski definition) is 0. The second kappa shape index (κ2) is 4.68. The van der Waals surface area contributed by atoms with E-state index in [1.807, 2.05) is 6.07 Å². The number of benzene rings is 1. The molecular formula is C12H8Cl2N4O. The summed E-state index contributed by atoms with van der Waals surface area (Å²) in [6, 6.07) is 5.29. The van der Waals surface area contributed by atoms with E-state index < -0.39 is 0 Å². The van der Waals surface area contributed by atoms with Crippen LogP contribution in [0.3, 0.4) is 0 Å². The van der Waals surface area contributed by atoms with Gasteiger partial charge in [-0.3, -0.25) is 9.38 Å². The largest absolute Gasteiger partial charge is 0.496 e. The molecule has 0 fully saturated rings. The zero-order valence-electron chi connectivity index (χ0n) is 9.84. The van der Waals surface area contributed by atoms with Crippen LogP contribution >= 0.6 is 23.2 Å². The van der Waals surface area contributed by atoms with Crippen LogP contribution in [0, 0.1) is 0 Å². The van der Waals surface area contributed by atoms with Crippen molar-refractivity contribution in [1.29, 1.82) is 0 Å². The molecule has 2 aromatic heterocycles. The Bertz CT molecular complexity index is 757. The number of ether oxygens (including phenoxy) is 1. The number of fused-ring (bicyclic) bond motifs is 1. The van der Waals surface area contributed by atoms with E-state index in [9.17, 15) is 0 Å². The van der Waals surface area contributed by atoms with Gasteiger partial charge in [-0.2, -0.15) is 0 Å². The molecule has 0 aliphatic heterocycles. The van der Waals surface area contributed by atoms with Gasteiger partial charge in [-0.25, -0.2) is 0 Å². The summed E-state index contributed by atoms with van der Waals surface area (Å²) >= 11 is 12.1. The summed E-state index contributed by atoms with van der Waals surface area (Å²) in [6.07, 6.45) is 3.12. The fraction of sp³-hybridized carbons (Fsp3) is 0.0833. The highest BCUT2D eigenvalue weighted by atomic mass is 35.5. The highest BCUT2D eigenvalue weighted by Crippen LogP contribution is 2.32. The number of aromatic nitrogens is 4. The molecule has 0 unspecified atom stereocenters. The molecule has 2 heterocycles. The highest BCUT2D eigenvalue weighted by Gasteiger charge is 2.15. The average Bonchev–Trinajstić information content (AvgIpc) is 2.84. The van der Waals surface area contributed by atoms with Gasteiger partial charge in [-0.05, 0) is 18.2 Å². The van der Waals surface area contributed by atoms with Gasteiger partial charge in [0.05, 0.1) is 25.1 Å². The lowest BCUT2D eigenvalue weighted by Gasteiger charge is -2.08. The van der Waals surface area contributed by atoms with Gasteiger partial charge in [0.2, 0.25) is 0 Å². The smallest absolute Gasteiger partial charge is 0.180 e. The molecule has 0 N–H and O–H groups in total. The first kappa shape index (κ1) is 12.2. The fourth-order valence-corrected chi connectivity index (χ4v) is 2.22. The van der Waals surface area contributed by atoms with Crippen LogP contribution < -0.4 is 4.74 Å². The molecule has 0 saturated heterocycles. The summed E-state index contributed by atoms with van der Waals surface area (Å²) < 4.78 is 7.01.